The quantitative estimate of drug-likeness (QED) is 0.276. The van der Waals surface area contributed by atoms with E-state index in [9.17, 15) is 34.8 Å². The summed E-state index contributed by atoms with van der Waals surface area (Å²) in [6, 6.07) is 11.1. The maximum atomic E-state index is 13.1. The maximum absolute atomic E-state index is 13.1. The first-order valence-corrected chi connectivity index (χ1v) is 12.0. The molecule has 0 aromatic heterocycles. The van der Waals surface area contributed by atoms with Gasteiger partial charge in [-0.1, -0.05) is 24.3 Å². The van der Waals surface area contributed by atoms with Gasteiger partial charge in [-0.25, -0.2) is 0 Å². The molecule has 0 amide bonds. The zero-order valence-corrected chi connectivity index (χ0v) is 19.2. The normalized spacial score (nSPS) is 23.2. The van der Waals surface area contributed by atoms with E-state index in [1.54, 1.807) is 12.1 Å². The Hall–Kier alpha value is -2.73. The number of hydrogen-bond donors (Lipinski definition) is 0. The van der Waals surface area contributed by atoms with Gasteiger partial charge >= 0.3 is 21.8 Å². The Morgan fingerprint density at radius 2 is 1.63 bits per heavy atom. The number of fused-ring (bicyclic) bond motifs is 2. The lowest BCUT2D eigenvalue weighted by Crippen LogP contribution is -2.46. The van der Waals surface area contributed by atoms with Crippen LogP contribution in [-0.2, 0) is 32.6 Å². The van der Waals surface area contributed by atoms with Crippen LogP contribution in [0.2, 0.25) is 0 Å². The van der Waals surface area contributed by atoms with E-state index in [4.69, 9.17) is 4.74 Å². The van der Waals surface area contributed by atoms with Crippen molar-refractivity contribution in [3.63, 3.8) is 0 Å². The van der Waals surface area contributed by atoms with E-state index in [0.717, 1.165) is 17.7 Å². The van der Waals surface area contributed by atoms with Gasteiger partial charge in [0, 0.05) is 19.0 Å². The van der Waals surface area contributed by atoms with Gasteiger partial charge in [0.2, 0.25) is 0 Å². The van der Waals surface area contributed by atoms with Crippen LogP contribution in [0.15, 0.2) is 60.4 Å². The fourth-order valence-electron chi connectivity index (χ4n) is 4.72. The van der Waals surface area contributed by atoms with Crippen molar-refractivity contribution in [3.8, 4) is 5.75 Å². The van der Waals surface area contributed by atoms with Gasteiger partial charge in [0.25, 0.3) is 0 Å². The molecule has 35 heavy (non-hydrogen) atoms. The SMILES string of the molecule is COc1ccc(CN2[C@H]3CC[C@]2(c2ccc(C(F)(F)F)cc2)C=C(OS(=O)(=O)C(F)(F)F)C3)cc1. The third-order valence-electron chi connectivity index (χ3n) is 6.37. The molecule has 2 heterocycles. The van der Waals surface area contributed by atoms with Gasteiger partial charge < -0.3 is 8.92 Å². The standard InChI is InChI=1S/C23H21F6NO4S/c1-33-19-8-2-15(3-9-19)14-30-18-10-11-21(30,16-4-6-17(7-5-16)22(24,25)26)13-20(12-18)34-35(31,32)23(27,28)29/h2-9,13,18H,10-12,14H2,1H3/t18-,21+/m0/s1. The van der Waals surface area contributed by atoms with Gasteiger partial charge in [-0.15, -0.1) is 0 Å². The molecule has 0 saturated carbocycles. The second kappa shape index (κ2) is 8.74. The summed E-state index contributed by atoms with van der Waals surface area (Å²) in [6.45, 7) is 0.325. The Morgan fingerprint density at radius 1 is 1.00 bits per heavy atom. The van der Waals surface area contributed by atoms with E-state index < -0.39 is 32.9 Å². The van der Waals surface area contributed by atoms with Crippen LogP contribution in [0.1, 0.15) is 36.0 Å². The second-order valence-electron chi connectivity index (χ2n) is 8.47. The van der Waals surface area contributed by atoms with Gasteiger partial charge in [-0.05, 0) is 54.3 Å². The summed E-state index contributed by atoms with van der Waals surface area (Å²) in [5.41, 5.74) is -6.39. The monoisotopic (exact) mass is 521 g/mol. The molecule has 12 heteroatoms. The molecular weight excluding hydrogens is 500 g/mol. The summed E-state index contributed by atoms with van der Waals surface area (Å²) in [5.74, 6) is 0.247. The molecule has 1 saturated heterocycles. The smallest absolute Gasteiger partial charge is 0.497 e. The number of methoxy groups -OCH3 is 1. The van der Waals surface area contributed by atoms with Gasteiger partial charge in [0.1, 0.15) is 11.5 Å². The largest absolute Gasteiger partial charge is 0.534 e. The second-order valence-corrected chi connectivity index (χ2v) is 10.0. The number of rotatable bonds is 6. The molecule has 2 atom stereocenters. The van der Waals surface area contributed by atoms with Crippen molar-refractivity contribution in [2.75, 3.05) is 7.11 Å². The highest BCUT2D eigenvalue weighted by Crippen LogP contribution is 2.51. The van der Waals surface area contributed by atoms with Gasteiger partial charge in [0.15, 0.2) is 0 Å². The molecule has 2 aromatic carbocycles. The molecule has 190 valence electrons. The number of nitrogens with zero attached hydrogens (tertiary/aromatic N) is 1. The van der Waals surface area contributed by atoms with Crippen LogP contribution in [0.5, 0.6) is 5.75 Å². The third kappa shape index (κ3) is 4.86. The molecule has 2 aliphatic heterocycles. The van der Waals surface area contributed by atoms with Crippen LogP contribution in [0.25, 0.3) is 0 Å². The average Bonchev–Trinajstić information content (AvgIpc) is 2.98. The van der Waals surface area contributed by atoms with Crippen molar-refractivity contribution in [1.82, 2.24) is 4.90 Å². The molecule has 4 rings (SSSR count). The van der Waals surface area contributed by atoms with Crippen molar-refractivity contribution in [2.24, 2.45) is 0 Å². The first-order chi connectivity index (χ1) is 16.2. The van der Waals surface area contributed by atoms with Crippen LogP contribution >= 0.6 is 0 Å². The average molecular weight is 521 g/mol. The maximum Gasteiger partial charge on any atom is 0.534 e. The zero-order valence-electron chi connectivity index (χ0n) is 18.4. The topological polar surface area (TPSA) is 55.8 Å². The third-order valence-corrected chi connectivity index (χ3v) is 7.37. The van der Waals surface area contributed by atoms with Gasteiger partial charge in [0.05, 0.1) is 18.2 Å². The van der Waals surface area contributed by atoms with Crippen LogP contribution in [0.4, 0.5) is 26.3 Å². The van der Waals surface area contributed by atoms with E-state index in [-0.39, 0.29) is 18.2 Å². The van der Waals surface area contributed by atoms with Crippen LogP contribution in [0, 0.1) is 0 Å². The number of halogens is 6. The molecule has 0 unspecified atom stereocenters. The minimum absolute atomic E-state index is 0.0894. The van der Waals surface area contributed by atoms with Crippen molar-refractivity contribution in [3.05, 3.63) is 77.1 Å². The molecule has 0 radical (unpaired) electrons. The number of hydrogen-bond acceptors (Lipinski definition) is 5. The number of ether oxygens (including phenoxy) is 1. The van der Waals surface area contributed by atoms with Gasteiger partial charge in [-0.2, -0.15) is 34.8 Å². The lowest BCUT2D eigenvalue weighted by molar-refractivity contribution is -0.137. The summed E-state index contributed by atoms with van der Waals surface area (Å²) in [4.78, 5) is 1.96. The number of benzene rings is 2. The van der Waals surface area contributed by atoms with E-state index in [1.165, 1.54) is 25.3 Å². The van der Waals surface area contributed by atoms with Crippen molar-refractivity contribution in [1.29, 1.82) is 0 Å². The summed E-state index contributed by atoms with van der Waals surface area (Å²) >= 11 is 0. The highest BCUT2D eigenvalue weighted by molar-refractivity contribution is 7.87. The summed E-state index contributed by atoms with van der Waals surface area (Å²) in [6.07, 6.45) is -2.51. The molecule has 0 spiro atoms. The van der Waals surface area contributed by atoms with E-state index in [1.807, 2.05) is 17.0 Å². The van der Waals surface area contributed by atoms with Crippen LogP contribution in [-0.4, -0.2) is 32.0 Å². The fraction of sp³-hybridized carbons (Fsp3) is 0.391. The Balaban J connectivity index is 1.76. The molecule has 1 fully saturated rings. The first-order valence-electron chi connectivity index (χ1n) is 10.5. The zero-order chi connectivity index (χ0) is 25.6. The van der Waals surface area contributed by atoms with Crippen molar-refractivity contribution >= 4 is 10.1 Å². The molecule has 0 aliphatic carbocycles. The molecule has 2 aromatic rings. The predicted molar refractivity (Wildman–Crippen MR) is 113 cm³/mol. The highest BCUT2D eigenvalue weighted by atomic mass is 32.2. The van der Waals surface area contributed by atoms with Crippen molar-refractivity contribution < 1.29 is 43.7 Å². The molecular formula is C23H21F6NO4S. The predicted octanol–water partition coefficient (Wildman–Crippen LogP) is 5.73. The molecule has 2 bridgehead atoms. The Morgan fingerprint density at radius 3 is 2.17 bits per heavy atom. The Kier molecular flexibility index (Phi) is 6.33. The summed E-state index contributed by atoms with van der Waals surface area (Å²) in [7, 11) is -4.37. The Bertz CT molecular complexity index is 1210. The van der Waals surface area contributed by atoms with Crippen LogP contribution < -0.4 is 4.74 Å². The Labute approximate surface area is 198 Å². The minimum Gasteiger partial charge on any atom is -0.497 e. The summed E-state index contributed by atoms with van der Waals surface area (Å²) in [5, 5.41) is 0. The van der Waals surface area contributed by atoms with Crippen molar-refractivity contribution in [2.45, 2.75) is 49.1 Å². The summed E-state index contributed by atoms with van der Waals surface area (Å²) < 4.78 is 111. The van der Waals surface area contributed by atoms with Crippen LogP contribution in [0.3, 0.4) is 0 Å². The lowest BCUT2D eigenvalue weighted by Gasteiger charge is -2.43. The van der Waals surface area contributed by atoms with E-state index >= 15 is 0 Å². The first kappa shape index (κ1) is 25.4. The van der Waals surface area contributed by atoms with E-state index in [0.29, 0.717) is 30.7 Å². The molecule has 5 nitrogen and oxygen atoms in total. The lowest BCUT2D eigenvalue weighted by atomic mass is 9.84. The fourth-order valence-corrected chi connectivity index (χ4v) is 5.21. The van der Waals surface area contributed by atoms with Gasteiger partial charge in [-0.3, -0.25) is 4.90 Å². The molecule has 2 aliphatic rings. The highest BCUT2D eigenvalue weighted by Gasteiger charge is 2.53. The number of alkyl halides is 6. The molecule has 0 N–H and O–H groups in total. The van der Waals surface area contributed by atoms with E-state index in [2.05, 4.69) is 4.18 Å². The minimum atomic E-state index is -5.88.